The van der Waals surface area contributed by atoms with Gasteiger partial charge in [0.15, 0.2) is 0 Å². The quantitative estimate of drug-likeness (QED) is 0.524. The summed E-state index contributed by atoms with van der Waals surface area (Å²) in [5, 5.41) is 12.1. The van der Waals surface area contributed by atoms with Crippen LogP contribution in [0.2, 0.25) is 0 Å². The monoisotopic (exact) mass is 338 g/mol. The minimum Gasteiger partial charge on any atom is -0.321 e. The third-order valence-electron chi connectivity index (χ3n) is 4.00. The molecule has 3 aromatic rings. The average molecular weight is 338 g/mol. The SMILES string of the molecule is Cc1ccc(NC(=O)/C(C#N)=C\c2ccc(-c3ccccc3)cc2)cc1. The Labute approximate surface area is 153 Å². The fourth-order valence-corrected chi connectivity index (χ4v) is 2.55. The molecule has 0 spiro atoms. The summed E-state index contributed by atoms with van der Waals surface area (Å²) in [7, 11) is 0. The molecule has 1 N–H and O–H groups in total. The summed E-state index contributed by atoms with van der Waals surface area (Å²) >= 11 is 0. The molecule has 0 atom stereocenters. The first-order valence-electron chi connectivity index (χ1n) is 8.31. The van der Waals surface area contributed by atoms with Gasteiger partial charge in [-0.3, -0.25) is 4.79 Å². The molecule has 0 aromatic heterocycles. The molecule has 0 aliphatic rings. The summed E-state index contributed by atoms with van der Waals surface area (Å²) in [5.41, 5.74) is 4.86. The van der Waals surface area contributed by atoms with Crippen molar-refractivity contribution >= 4 is 17.7 Å². The number of nitrogens with one attached hydrogen (secondary N) is 1. The van der Waals surface area contributed by atoms with Crippen molar-refractivity contribution in [1.82, 2.24) is 0 Å². The highest BCUT2D eigenvalue weighted by atomic mass is 16.1. The minimum absolute atomic E-state index is 0.0676. The van der Waals surface area contributed by atoms with Gasteiger partial charge in [0.2, 0.25) is 0 Å². The molecule has 26 heavy (non-hydrogen) atoms. The standard InChI is InChI=1S/C23H18N2O/c1-17-7-13-22(14-8-17)25-23(26)21(16-24)15-18-9-11-20(12-10-18)19-5-3-2-4-6-19/h2-15H,1H3,(H,25,26)/b21-15-. The molecule has 0 fully saturated rings. The van der Waals surface area contributed by atoms with Gasteiger partial charge in [-0.1, -0.05) is 72.3 Å². The van der Waals surface area contributed by atoms with Crippen molar-refractivity contribution in [2.24, 2.45) is 0 Å². The van der Waals surface area contributed by atoms with Gasteiger partial charge >= 0.3 is 0 Å². The fourth-order valence-electron chi connectivity index (χ4n) is 2.55. The normalized spacial score (nSPS) is 10.8. The van der Waals surface area contributed by atoms with Crippen molar-refractivity contribution in [3.63, 3.8) is 0 Å². The molecule has 3 aromatic carbocycles. The molecule has 3 heteroatoms. The number of nitriles is 1. The summed E-state index contributed by atoms with van der Waals surface area (Å²) in [4.78, 5) is 12.3. The third-order valence-corrected chi connectivity index (χ3v) is 4.00. The van der Waals surface area contributed by atoms with Crippen LogP contribution in [0.25, 0.3) is 17.2 Å². The van der Waals surface area contributed by atoms with Crippen molar-refractivity contribution in [2.75, 3.05) is 5.32 Å². The highest BCUT2D eigenvalue weighted by Gasteiger charge is 2.09. The Bertz CT molecular complexity index is 963. The molecule has 3 rings (SSSR count). The first-order valence-corrected chi connectivity index (χ1v) is 8.31. The van der Waals surface area contributed by atoms with E-state index in [-0.39, 0.29) is 5.57 Å². The summed E-state index contributed by atoms with van der Waals surface area (Å²) < 4.78 is 0. The Balaban J connectivity index is 1.77. The number of aryl methyl sites for hydroxylation is 1. The molecule has 1 amide bonds. The van der Waals surface area contributed by atoms with Gasteiger partial charge in [-0.25, -0.2) is 0 Å². The van der Waals surface area contributed by atoms with E-state index in [1.54, 1.807) is 6.08 Å². The van der Waals surface area contributed by atoms with Crippen LogP contribution < -0.4 is 5.32 Å². The molecule has 3 nitrogen and oxygen atoms in total. The van der Waals surface area contributed by atoms with E-state index >= 15 is 0 Å². The van der Waals surface area contributed by atoms with E-state index in [4.69, 9.17) is 0 Å². The number of anilines is 1. The van der Waals surface area contributed by atoms with Crippen LogP contribution in [0.4, 0.5) is 5.69 Å². The first kappa shape index (κ1) is 17.2. The maximum Gasteiger partial charge on any atom is 0.266 e. The second-order valence-corrected chi connectivity index (χ2v) is 5.98. The molecular formula is C23H18N2O. The fraction of sp³-hybridized carbons (Fsp3) is 0.0435. The number of carbonyl (C=O) groups is 1. The second kappa shape index (κ2) is 7.96. The van der Waals surface area contributed by atoms with E-state index in [0.717, 1.165) is 22.3 Å². The number of benzene rings is 3. The largest absolute Gasteiger partial charge is 0.321 e. The summed E-state index contributed by atoms with van der Waals surface area (Å²) in [5.74, 6) is -0.413. The van der Waals surface area contributed by atoms with E-state index in [1.807, 2.05) is 91.9 Å². The van der Waals surface area contributed by atoms with Gasteiger partial charge < -0.3 is 5.32 Å². The van der Waals surface area contributed by atoms with Crippen molar-refractivity contribution in [3.05, 3.63) is 95.6 Å². The topological polar surface area (TPSA) is 52.9 Å². The number of hydrogen-bond acceptors (Lipinski definition) is 2. The van der Waals surface area contributed by atoms with Gasteiger partial charge in [0.1, 0.15) is 11.6 Å². The maximum absolute atomic E-state index is 12.3. The molecular weight excluding hydrogens is 320 g/mol. The number of carbonyl (C=O) groups excluding carboxylic acids is 1. The van der Waals surface area contributed by atoms with Crippen molar-refractivity contribution in [1.29, 1.82) is 5.26 Å². The first-order chi connectivity index (χ1) is 12.7. The Kier molecular flexibility index (Phi) is 5.26. The van der Waals surface area contributed by atoms with Gasteiger partial charge in [0.05, 0.1) is 0 Å². The van der Waals surface area contributed by atoms with Gasteiger partial charge in [0.25, 0.3) is 5.91 Å². The van der Waals surface area contributed by atoms with Gasteiger partial charge in [-0.2, -0.15) is 5.26 Å². The van der Waals surface area contributed by atoms with E-state index in [9.17, 15) is 10.1 Å². The molecule has 0 saturated heterocycles. The Morgan fingerprint density at radius 3 is 2.12 bits per heavy atom. The zero-order valence-corrected chi connectivity index (χ0v) is 14.4. The Hall–Kier alpha value is -3.64. The summed E-state index contributed by atoms with van der Waals surface area (Å²) in [6, 6.07) is 27.2. The summed E-state index contributed by atoms with van der Waals surface area (Å²) in [6.45, 7) is 1.98. The number of hydrogen-bond donors (Lipinski definition) is 1. The Morgan fingerprint density at radius 2 is 1.50 bits per heavy atom. The van der Waals surface area contributed by atoms with Gasteiger partial charge in [0, 0.05) is 5.69 Å². The molecule has 0 radical (unpaired) electrons. The predicted octanol–water partition coefficient (Wildman–Crippen LogP) is 5.21. The lowest BCUT2D eigenvalue weighted by atomic mass is 10.0. The smallest absolute Gasteiger partial charge is 0.266 e. The van der Waals surface area contributed by atoms with Crippen LogP contribution in [-0.2, 0) is 4.79 Å². The van der Waals surface area contributed by atoms with E-state index < -0.39 is 5.91 Å². The summed E-state index contributed by atoms with van der Waals surface area (Å²) in [6.07, 6.45) is 1.60. The molecule has 0 aliphatic carbocycles. The lowest BCUT2D eigenvalue weighted by Crippen LogP contribution is -2.13. The molecule has 0 bridgehead atoms. The van der Waals surface area contributed by atoms with Crippen LogP contribution in [0.3, 0.4) is 0 Å². The van der Waals surface area contributed by atoms with Crippen LogP contribution in [0, 0.1) is 18.3 Å². The van der Waals surface area contributed by atoms with Crippen molar-refractivity contribution < 1.29 is 4.79 Å². The zero-order chi connectivity index (χ0) is 18.4. The van der Waals surface area contributed by atoms with Gasteiger partial charge in [-0.15, -0.1) is 0 Å². The van der Waals surface area contributed by atoms with Crippen LogP contribution in [0.1, 0.15) is 11.1 Å². The highest BCUT2D eigenvalue weighted by molar-refractivity contribution is 6.09. The van der Waals surface area contributed by atoms with Crippen LogP contribution in [-0.4, -0.2) is 5.91 Å². The zero-order valence-electron chi connectivity index (χ0n) is 14.4. The van der Waals surface area contributed by atoms with E-state index in [0.29, 0.717) is 5.69 Å². The lowest BCUT2D eigenvalue weighted by Gasteiger charge is -2.05. The highest BCUT2D eigenvalue weighted by Crippen LogP contribution is 2.20. The van der Waals surface area contributed by atoms with Crippen molar-refractivity contribution in [2.45, 2.75) is 6.92 Å². The lowest BCUT2D eigenvalue weighted by molar-refractivity contribution is -0.112. The van der Waals surface area contributed by atoms with E-state index in [1.165, 1.54) is 0 Å². The Morgan fingerprint density at radius 1 is 0.885 bits per heavy atom. The molecule has 126 valence electrons. The average Bonchev–Trinajstić information content (AvgIpc) is 2.69. The molecule has 0 saturated carbocycles. The third kappa shape index (κ3) is 4.25. The maximum atomic E-state index is 12.3. The number of nitrogens with zero attached hydrogens (tertiary/aromatic N) is 1. The number of amides is 1. The van der Waals surface area contributed by atoms with Crippen LogP contribution in [0.15, 0.2) is 84.4 Å². The molecule has 0 unspecified atom stereocenters. The van der Waals surface area contributed by atoms with Gasteiger partial charge in [-0.05, 0) is 41.8 Å². The minimum atomic E-state index is -0.413. The van der Waals surface area contributed by atoms with E-state index in [2.05, 4.69) is 5.32 Å². The number of rotatable bonds is 4. The van der Waals surface area contributed by atoms with Crippen molar-refractivity contribution in [3.8, 4) is 17.2 Å². The second-order valence-electron chi connectivity index (χ2n) is 5.98. The molecule has 0 aliphatic heterocycles. The molecule has 0 heterocycles. The van der Waals surface area contributed by atoms with Crippen LogP contribution >= 0.6 is 0 Å². The van der Waals surface area contributed by atoms with Crippen LogP contribution in [0.5, 0.6) is 0 Å². The predicted molar refractivity (Wildman–Crippen MR) is 105 cm³/mol.